The van der Waals surface area contributed by atoms with E-state index in [1.807, 2.05) is 50.2 Å². The Morgan fingerprint density at radius 3 is 2.64 bits per heavy atom. The molecule has 5 heteroatoms. The van der Waals surface area contributed by atoms with Crippen LogP contribution in [0.4, 0.5) is 0 Å². The first-order valence-corrected chi connectivity index (χ1v) is 8.23. The van der Waals surface area contributed by atoms with Crippen molar-refractivity contribution in [2.45, 2.75) is 29.6 Å². The van der Waals surface area contributed by atoms with Gasteiger partial charge >= 0.3 is 5.97 Å². The van der Waals surface area contributed by atoms with Crippen molar-refractivity contribution in [1.82, 2.24) is 0 Å². The number of carbonyl (C=O) groups excluding carboxylic acids is 1. The Labute approximate surface area is 138 Å². The summed E-state index contributed by atoms with van der Waals surface area (Å²) in [7, 11) is 0. The topological polar surface area (TPSA) is 35.5 Å². The summed E-state index contributed by atoms with van der Waals surface area (Å²) in [6.07, 6.45) is 0. The summed E-state index contributed by atoms with van der Waals surface area (Å²) < 4.78 is 11.0. The van der Waals surface area contributed by atoms with Gasteiger partial charge in [0.2, 0.25) is 0 Å². The van der Waals surface area contributed by atoms with E-state index >= 15 is 0 Å². The number of carbonyl (C=O) groups is 1. The molecule has 1 aliphatic heterocycles. The van der Waals surface area contributed by atoms with Crippen LogP contribution >= 0.6 is 23.4 Å². The molecule has 0 aromatic heterocycles. The molecular weight excluding hydrogens is 320 g/mol. The maximum absolute atomic E-state index is 11.9. The number of halogens is 1. The van der Waals surface area contributed by atoms with Crippen molar-refractivity contribution >= 4 is 29.3 Å². The molecule has 1 aliphatic rings. The molecule has 22 heavy (non-hydrogen) atoms. The van der Waals surface area contributed by atoms with Gasteiger partial charge in [0, 0.05) is 5.02 Å². The molecule has 3 nitrogen and oxygen atoms in total. The molecule has 2 aromatic carbocycles. The van der Waals surface area contributed by atoms with E-state index in [1.165, 1.54) is 0 Å². The van der Waals surface area contributed by atoms with Gasteiger partial charge in [-0.2, -0.15) is 0 Å². The Balaban J connectivity index is 1.89. The van der Waals surface area contributed by atoms with Crippen LogP contribution in [0.3, 0.4) is 0 Å². The van der Waals surface area contributed by atoms with Gasteiger partial charge in [0.15, 0.2) is 0 Å². The van der Waals surface area contributed by atoms with Crippen LogP contribution < -0.4 is 4.74 Å². The molecule has 0 saturated carbocycles. The van der Waals surface area contributed by atoms with Crippen molar-refractivity contribution in [3.8, 4) is 11.5 Å². The molecule has 0 N–H and O–H groups in total. The highest BCUT2D eigenvalue weighted by atomic mass is 35.5. The van der Waals surface area contributed by atoms with E-state index in [2.05, 4.69) is 0 Å². The third kappa shape index (κ3) is 2.94. The molecule has 1 heterocycles. The number of fused-ring (bicyclic) bond motifs is 2. The highest BCUT2D eigenvalue weighted by Gasteiger charge is 2.22. The zero-order chi connectivity index (χ0) is 15.7. The summed E-state index contributed by atoms with van der Waals surface area (Å²) >= 11 is 7.62. The maximum atomic E-state index is 11.9. The normalized spacial score (nSPS) is 13.6. The molecule has 0 spiro atoms. The molecule has 0 bridgehead atoms. The largest absolute Gasteiger partial charge is 0.466 e. The minimum atomic E-state index is -0.299. The highest BCUT2D eigenvalue weighted by Crippen LogP contribution is 2.48. The van der Waals surface area contributed by atoms with Gasteiger partial charge in [-0.05, 0) is 49.7 Å². The van der Waals surface area contributed by atoms with E-state index in [-0.39, 0.29) is 11.9 Å². The Bertz CT molecular complexity index is 730. The summed E-state index contributed by atoms with van der Waals surface area (Å²) in [5, 5.41) is 0.675. The van der Waals surface area contributed by atoms with Crippen molar-refractivity contribution in [2.75, 3.05) is 6.61 Å². The standard InChI is InChI=1S/C17H15ClO3S/c1-3-20-17(19)10(2)11-4-6-13-15(8-11)22-16-9-12(18)5-7-14(16)21-13/h4-10H,3H2,1-2H3. The van der Waals surface area contributed by atoms with Crippen molar-refractivity contribution in [2.24, 2.45) is 0 Å². The van der Waals surface area contributed by atoms with Crippen molar-refractivity contribution in [1.29, 1.82) is 0 Å². The Kier molecular flexibility index (Phi) is 4.32. The minimum absolute atomic E-state index is 0.215. The summed E-state index contributed by atoms with van der Waals surface area (Å²) in [6, 6.07) is 11.3. The van der Waals surface area contributed by atoms with Gasteiger partial charge in [0.25, 0.3) is 0 Å². The third-order valence-corrected chi connectivity index (χ3v) is 4.77. The number of rotatable bonds is 3. The second-order valence-corrected chi connectivity index (χ2v) is 6.50. The van der Waals surface area contributed by atoms with E-state index in [9.17, 15) is 4.79 Å². The van der Waals surface area contributed by atoms with E-state index in [4.69, 9.17) is 21.1 Å². The lowest BCUT2D eigenvalue weighted by atomic mass is 10.0. The predicted molar refractivity (Wildman–Crippen MR) is 87.1 cm³/mol. The fourth-order valence-corrected chi connectivity index (χ4v) is 3.52. The average molecular weight is 335 g/mol. The van der Waals surface area contributed by atoms with Crippen LogP contribution in [-0.4, -0.2) is 12.6 Å². The van der Waals surface area contributed by atoms with Crippen LogP contribution in [0.2, 0.25) is 5.02 Å². The molecule has 0 fully saturated rings. The fraction of sp³-hybridized carbons (Fsp3) is 0.235. The first kappa shape index (κ1) is 15.3. The Hall–Kier alpha value is -1.65. The van der Waals surface area contributed by atoms with Gasteiger partial charge in [-0.3, -0.25) is 4.79 Å². The number of hydrogen-bond acceptors (Lipinski definition) is 4. The first-order chi connectivity index (χ1) is 10.6. The molecule has 0 radical (unpaired) electrons. The highest BCUT2D eigenvalue weighted by molar-refractivity contribution is 7.99. The smallest absolute Gasteiger partial charge is 0.313 e. The van der Waals surface area contributed by atoms with Crippen molar-refractivity contribution in [3.05, 3.63) is 47.0 Å². The zero-order valence-electron chi connectivity index (χ0n) is 12.3. The molecule has 0 amide bonds. The number of hydrogen-bond donors (Lipinski definition) is 0. The van der Waals surface area contributed by atoms with E-state index in [0.717, 1.165) is 26.9 Å². The lowest BCUT2D eigenvalue weighted by Crippen LogP contribution is -2.13. The maximum Gasteiger partial charge on any atom is 0.313 e. The summed E-state index contributed by atoms with van der Waals surface area (Å²) in [4.78, 5) is 13.8. The quantitative estimate of drug-likeness (QED) is 0.612. The Morgan fingerprint density at radius 1 is 1.23 bits per heavy atom. The van der Waals surface area contributed by atoms with E-state index < -0.39 is 0 Å². The van der Waals surface area contributed by atoms with Crippen LogP contribution in [-0.2, 0) is 9.53 Å². The molecule has 1 unspecified atom stereocenters. The molecule has 0 saturated heterocycles. The molecule has 114 valence electrons. The average Bonchev–Trinajstić information content (AvgIpc) is 2.52. The summed E-state index contributed by atoms with van der Waals surface area (Å²) in [5.74, 6) is 1.08. The van der Waals surface area contributed by atoms with Crippen LogP contribution in [0.5, 0.6) is 11.5 Å². The van der Waals surface area contributed by atoms with Gasteiger partial charge in [-0.1, -0.05) is 29.4 Å². The SMILES string of the molecule is CCOC(=O)C(C)c1ccc2c(c1)Sc1cc(Cl)ccc1O2. The second-order valence-electron chi connectivity index (χ2n) is 4.98. The Morgan fingerprint density at radius 2 is 1.91 bits per heavy atom. The predicted octanol–water partition coefficient (Wildman–Crippen LogP) is 5.26. The summed E-state index contributed by atoms with van der Waals surface area (Å²) in [5.41, 5.74) is 0.916. The second kappa shape index (κ2) is 6.23. The van der Waals surface area contributed by atoms with E-state index in [1.54, 1.807) is 11.8 Å². The van der Waals surface area contributed by atoms with E-state index in [0.29, 0.717) is 11.6 Å². The number of esters is 1. The minimum Gasteiger partial charge on any atom is -0.466 e. The van der Waals surface area contributed by atoms with Crippen molar-refractivity contribution < 1.29 is 14.3 Å². The number of benzene rings is 2. The lowest BCUT2D eigenvalue weighted by molar-refractivity contribution is -0.144. The molecule has 3 rings (SSSR count). The van der Waals surface area contributed by atoms with Gasteiger partial charge < -0.3 is 9.47 Å². The monoisotopic (exact) mass is 334 g/mol. The third-order valence-electron chi connectivity index (χ3n) is 3.45. The van der Waals surface area contributed by atoms with Gasteiger partial charge in [0.1, 0.15) is 11.5 Å². The summed E-state index contributed by atoms with van der Waals surface area (Å²) in [6.45, 7) is 4.04. The first-order valence-electron chi connectivity index (χ1n) is 7.04. The molecule has 0 aliphatic carbocycles. The van der Waals surface area contributed by atoms with Crippen molar-refractivity contribution in [3.63, 3.8) is 0 Å². The van der Waals surface area contributed by atoms with Gasteiger partial charge in [-0.15, -0.1) is 0 Å². The molecule has 1 atom stereocenters. The fourth-order valence-electron chi connectivity index (χ4n) is 2.24. The lowest BCUT2D eigenvalue weighted by Gasteiger charge is -2.21. The van der Waals surface area contributed by atoms with Gasteiger partial charge in [-0.25, -0.2) is 0 Å². The van der Waals surface area contributed by atoms with Gasteiger partial charge in [0.05, 0.1) is 22.3 Å². The molecular formula is C17H15ClO3S. The number of ether oxygens (including phenoxy) is 2. The zero-order valence-corrected chi connectivity index (χ0v) is 13.8. The van der Waals surface area contributed by atoms with Crippen LogP contribution in [0, 0.1) is 0 Å². The van der Waals surface area contributed by atoms with Crippen LogP contribution in [0.1, 0.15) is 25.3 Å². The molecule has 2 aromatic rings. The van der Waals surface area contributed by atoms with Crippen LogP contribution in [0.15, 0.2) is 46.2 Å². The van der Waals surface area contributed by atoms with Crippen LogP contribution in [0.25, 0.3) is 0 Å².